The van der Waals surface area contributed by atoms with Gasteiger partial charge in [0.15, 0.2) is 0 Å². The summed E-state index contributed by atoms with van der Waals surface area (Å²) in [5, 5.41) is 6.22. The van der Waals surface area contributed by atoms with Gasteiger partial charge in [0, 0.05) is 18.7 Å². The van der Waals surface area contributed by atoms with Crippen molar-refractivity contribution in [1.29, 1.82) is 0 Å². The molecule has 0 heterocycles. The van der Waals surface area contributed by atoms with Crippen LogP contribution < -0.4 is 10.6 Å². The average molecular weight is 357 g/mol. The molecular formula is C22H32N2O2. The van der Waals surface area contributed by atoms with Gasteiger partial charge in [-0.3, -0.25) is 9.59 Å². The molecule has 2 aliphatic rings. The number of hydrogen-bond donors (Lipinski definition) is 2. The largest absolute Gasteiger partial charge is 0.353 e. The molecule has 3 rings (SSSR count). The van der Waals surface area contributed by atoms with Gasteiger partial charge in [0.1, 0.15) is 0 Å². The summed E-state index contributed by atoms with van der Waals surface area (Å²) in [5.74, 6) is 0.146. The third kappa shape index (κ3) is 4.46. The standard InChI is InChI=1S/C22H32N2O2/c1-17(25)23-20-13-11-18(12-14-20)22(15-7-4-8-16-22)21(26)24-19-9-5-2-3-6-10-19/h11-14,19H,2-10,15-16H2,1H3,(H,23,25)(H,24,26). The zero-order valence-electron chi connectivity index (χ0n) is 16.0. The van der Waals surface area contributed by atoms with E-state index in [2.05, 4.69) is 10.6 Å². The molecule has 0 aromatic heterocycles. The van der Waals surface area contributed by atoms with Gasteiger partial charge in [-0.25, -0.2) is 0 Å². The van der Waals surface area contributed by atoms with Crippen molar-refractivity contribution in [2.45, 2.75) is 89.0 Å². The van der Waals surface area contributed by atoms with E-state index in [0.29, 0.717) is 6.04 Å². The third-order valence-electron chi connectivity index (χ3n) is 6.09. The molecule has 0 saturated heterocycles. The second-order valence-corrected chi connectivity index (χ2v) is 8.06. The summed E-state index contributed by atoms with van der Waals surface area (Å²) in [6.07, 6.45) is 12.5. The Bertz CT molecular complexity index is 610. The minimum Gasteiger partial charge on any atom is -0.353 e. The van der Waals surface area contributed by atoms with E-state index in [0.717, 1.165) is 49.8 Å². The molecule has 0 unspecified atom stereocenters. The number of nitrogens with one attached hydrogen (secondary N) is 2. The summed E-state index contributed by atoms with van der Waals surface area (Å²) < 4.78 is 0. The number of carbonyl (C=O) groups excluding carboxylic acids is 2. The summed E-state index contributed by atoms with van der Waals surface area (Å²) in [4.78, 5) is 24.6. The average Bonchev–Trinajstić information content (AvgIpc) is 2.91. The van der Waals surface area contributed by atoms with E-state index in [4.69, 9.17) is 0 Å². The smallest absolute Gasteiger partial charge is 0.230 e. The van der Waals surface area contributed by atoms with Crippen LogP contribution in [0.2, 0.25) is 0 Å². The Balaban J connectivity index is 1.79. The summed E-state index contributed by atoms with van der Waals surface area (Å²) in [5.41, 5.74) is 1.48. The van der Waals surface area contributed by atoms with Crippen LogP contribution in [-0.2, 0) is 15.0 Å². The van der Waals surface area contributed by atoms with Gasteiger partial charge in [0.25, 0.3) is 0 Å². The van der Waals surface area contributed by atoms with E-state index in [1.54, 1.807) is 0 Å². The Hall–Kier alpha value is -1.84. The molecule has 142 valence electrons. The molecule has 2 aliphatic carbocycles. The van der Waals surface area contributed by atoms with E-state index >= 15 is 0 Å². The van der Waals surface area contributed by atoms with Gasteiger partial charge >= 0.3 is 0 Å². The summed E-state index contributed by atoms with van der Waals surface area (Å²) in [6.45, 7) is 1.51. The van der Waals surface area contributed by atoms with Gasteiger partial charge in [0.05, 0.1) is 5.41 Å². The SMILES string of the molecule is CC(=O)Nc1ccc(C2(C(=O)NC3CCCCCC3)CCCCC2)cc1. The van der Waals surface area contributed by atoms with Gasteiger partial charge < -0.3 is 10.6 Å². The first-order valence-corrected chi connectivity index (χ1v) is 10.3. The van der Waals surface area contributed by atoms with Crippen LogP contribution in [0.5, 0.6) is 0 Å². The first kappa shape index (κ1) is 18.9. The fraction of sp³-hybridized carbons (Fsp3) is 0.636. The molecule has 4 heteroatoms. The topological polar surface area (TPSA) is 58.2 Å². The zero-order valence-corrected chi connectivity index (χ0v) is 16.0. The van der Waals surface area contributed by atoms with Crippen molar-refractivity contribution in [3.05, 3.63) is 29.8 Å². The van der Waals surface area contributed by atoms with E-state index in [1.807, 2.05) is 24.3 Å². The second-order valence-electron chi connectivity index (χ2n) is 8.06. The van der Waals surface area contributed by atoms with E-state index < -0.39 is 5.41 Å². The minimum absolute atomic E-state index is 0.0729. The van der Waals surface area contributed by atoms with Crippen LogP contribution in [-0.4, -0.2) is 17.9 Å². The molecule has 0 aliphatic heterocycles. The van der Waals surface area contributed by atoms with Crippen LogP contribution in [0.1, 0.15) is 83.1 Å². The van der Waals surface area contributed by atoms with Crippen LogP contribution in [0.4, 0.5) is 5.69 Å². The van der Waals surface area contributed by atoms with Crippen LogP contribution >= 0.6 is 0 Å². The molecular weight excluding hydrogens is 324 g/mol. The van der Waals surface area contributed by atoms with Crippen LogP contribution in [0, 0.1) is 0 Å². The predicted octanol–water partition coefficient (Wildman–Crippen LogP) is 4.69. The second kappa shape index (κ2) is 8.70. The molecule has 2 N–H and O–H groups in total. The van der Waals surface area contributed by atoms with Gasteiger partial charge in [-0.05, 0) is 43.4 Å². The maximum absolute atomic E-state index is 13.4. The van der Waals surface area contributed by atoms with Crippen molar-refractivity contribution in [2.75, 3.05) is 5.32 Å². The number of hydrogen-bond acceptors (Lipinski definition) is 2. The Morgan fingerprint density at radius 2 is 1.46 bits per heavy atom. The summed E-state index contributed by atoms with van der Waals surface area (Å²) >= 11 is 0. The molecule has 0 bridgehead atoms. The molecule has 1 aromatic rings. The highest BCUT2D eigenvalue weighted by Crippen LogP contribution is 2.40. The lowest BCUT2D eigenvalue weighted by Crippen LogP contribution is -2.49. The highest BCUT2D eigenvalue weighted by molar-refractivity contribution is 5.90. The number of carbonyl (C=O) groups is 2. The highest BCUT2D eigenvalue weighted by atomic mass is 16.2. The Morgan fingerprint density at radius 3 is 2.04 bits per heavy atom. The molecule has 0 spiro atoms. The van der Waals surface area contributed by atoms with E-state index in [-0.39, 0.29) is 11.8 Å². The lowest BCUT2D eigenvalue weighted by Gasteiger charge is -2.37. The molecule has 26 heavy (non-hydrogen) atoms. The number of amides is 2. The zero-order chi connectivity index (χ0) is 18.4. The molecule has 2 saturated carbocycles. The molecule has 2 fully saturated rings. The van der Waals surface area contributed by atoms with Crippen molar-refractivity contribution >= 4 is 17.5 Å². The molecule has 1 aromatic carbocycles. The minimum atomic E-state index is -0.403. The molecule has 0 radical (unpaired) electrons. The van der Waals surface area contributed by atoms with Crippen molar-refractivity contribution < 1.29 is 9.59 Å². The summed E-state index contributed by atoms with van der Waals surface area (Å²) in [7, 11) is 0. The predicted molar refractivity (Wildman–Crippen MR) is 105 cm³/mol. The molecule has 2 amide bonds. The fourth-order valence-electron chi connectivity index (χ4n) is 4.63. The monoisotopic (exact) mass is 356 g/mol. The molecule has 0 atom stereocenters. The van der Waals surface area contributed by atoms with Crippen molar-refractivity contribution in [2.24, 2.45) is 0 Å². The third-order valence-corrected chi connectivity index (χ3v) is 6.09. The molecule has 4 nitrogen and oxygen atoms in total. The van der Waals surface area contributed by atoms with E-state index in [1.165, 1.54) is 39.0 Å². The summed E-state index contributed by atoms with van der Waals surface area (Å²) in [6, 6.07) is 8.24. The first-order chi connectivity index (χ1) is 12.6. The van der Waals surface area contributed by atoms with Gasteiger partial charge in [-0.15, -0.1) is 0 Å². The van der Waals surface area contributed by atoms with Crippen molar-refractivity contribution in [3.63, 3.8) is 0 Å². The Morgan fingerprint density at radius 1 is 0.885 bits per heavy atom. The van der Waals surface area contributed by atoms with Crippen molar-refractivity contribution in [3.8, 4) is 0 Å². The van der Waals surface area contributed by atoms with Gasteiger partial charge in [0.2, 0.25) is 11.8 Å². The number of anilines is 1. The maximum atomic E-state index is 13.4. The Labute approximate surface area is 157 Å². The highest BCUT2D eigenvalue weighted by Gasteiger charge is 2.41. The van der Waals surface area contributed by atoms with E-state index in [9.17, 15) is 9.59 Å². The fourth-order valence-corrected chi connectivity index (χ4v) is 4.63. The quantitative estimate of drug-likeness (QED) is 0.769. The van der Waals surface area contributed by atoms with Crippen LogP contribution in [0.25, 0.3) is 0 Å². The van der Waals surface area contributed by atoms with Crippen molar-refractivity contribution in [1.82, 2.24) is 5.32 Å². The normalized spacial score (nSPS) is 20.8. The van der Waals surface area contributed by atoms with Crippen LogP contribution in [0.3, 0.4) is 0 Å². The number of rotatable bonds is 4. The number of benzene rings is 1. The maximum Gasteiger partial charge on any atom is 0.230 e. The first-order valence-electron chi connectivity index (χ1n) is 10.3. The lowest BCUT2D eigenvalue weighted by atomic mass is 9.68. The van der Waals surface area contributed by atoms with Gasteiger partial charge in [-0.2, -0.15) is 0 Å². The van der Waals surface area contributed by atoms with Gasteiger partial charge in [-0.1, -0.05) is 57.1 Å². The Kier molecular flexibility index (Phi) is 6.33. The lowest BCUT2D eigenvalue weighted by molar-refractivity contribution is -0.129. The van der Waals surface area contributed by atoms with Crippen LogP contribution in [0.15, 0.2) is 24.3 Å².